The van der Waals surface area contributed by atoms with Gasteiger partial charge in [-0.3, -0.25) is 4.79 Å². The molecule has 0 aliphatic rings. The third-order valence-corrected chi connectivity index (χ3v) is 3.88. The van der Waals surface area contributed by atoms with Gasteiger partial charge in [0.2, 0.25) is 5.95 Å². The third-order valence-electron chi connectivity index (χ3n) is 3.88. The highest BCUT2D eigenvalue weighted by molar-refractivity contribution is 5.59. The SMILES string of the molecule is Cc1ccc(CO)cc1Nc1nc(=O)cnn1Cc1cc(F)c(F)c(F)c1. The number of aliphatic hydroxyl groups is 1. The Morgan fingerprint density at radius 3 is 2.48 bits per heavy atom. The number of nitrogens with one attached hydrogen (secondary N) is 1. The number of hydrogen-bond donors (Lipinski definition) is 2. The largest absolute Gasteiger partial charge is 0.392 e. The van der Waals surface area contributed by atoms with Crippen LogP contribution in [0.2, 0.25) is 0 Å². The van der Waals surface area contributed by atoms with Gasteiger partial charge in [0, 0.05) is 5.69 Å². The van der Waals surface area contributed by atoms with E-state index in [0.717, 1.165) is 23.9 Å². The molecular weight excluding hydrogens is 361 g/mol. The summed E-state index contributed by atoms with van der Waals surface area (Å²) in [4.78, 5) is 15.4. The molecule has 9 heteroatoms. The predicted octanol–water partition coefficient (Wildman–Crippen LogP) is 2.65. The summed E-state index contributed by atoms with van der Waals surface area (Å²) in [5.74, 6) is -4.16. The molecule has 0 aliphatic carbocycles. The maximum atomic E-state index is 13.4. The van der Waals surface area contributed by atoms with E-state index in [1.54, 1.807) is 18.2 Å². The molecule has 0 atom stereocenters. The van der Waals surface area contributed by atoms with Gasteiger partial charge in [0.05, 0.1) is 13.2 Å². The summed E-state index contributed by atoms with van der Waals surface area (Å²) in [6, 6.07) is 6.89. The molecule has 0 amide bonds. The molecule has 2 N–H and O–H groups in total. The van der Waals surface area contributed by atoms with Gasteiger partial charge in [-0.15, -0.1) is 0 Å². The normalized spacial score (nSPS) is 10.9. The van der Waals surface area contributed by atoms with Crippen molar-refractivity contribution in [3.8, 4) is 0 Å². The van der Waals surface area contributed by atoms with Gasteiger partial charge in [0.15, 0.2) is 17.5 Å². The lowest BCUT2D eigenvalue weighted by atomic mass is 10.1. The van der Waals surface area contributed by atoms with E-state index in [1.165, 1.54) is 4.68 Å². The highest BCUT2D eigenvalue weighted by Gasteiger charge is 2.13. The fourth-order valence-electron chi connectivity index (χ4n) is 2.47. The Morgan fingerprint density at radius 1 is 1.11 bits per heavy atom. The zero-order chi connectivity index (χ0) is 19.6. The van der Waals surface area contributed by atoms with E-state index in [9.17, 15) is 23.1 Å². The maximum absolute atomic E-state index is 13.4. The molecule has 0 saturated heterocycles. The Balaban J connectivity index is 1.98. The Bertz CT molecular complexity index is 1030. The molecule has 0 aliphatic heterocycles. The maximum Gasteiger partial charge on any atom is 0.293 e. The number of hydrogen-bond acceptors (Lipinski definition) is 5. The summed E-state index contributed by atoms with van der Waals surface area (Å²) in [7, 11) is 0. The highest BCUT2D eigenvalue weighted by Crippen LogP contribution is 2.21. The van der Waals surface area contributed by atoms with Gasteiger partial charge < -0.3 is 10.4 Å². The van der Waals surface area contributed by atoms with Crippen molar-refractivity contribution in [1.29, 1.82) is 0 Å². The molecule has 1 aromatic heterocycles. The molecule has 27 heavy (non-hydrogen) atoms. The third kappa shape index (κ3) is 4.14. The van der Waals surface area contributed by atoms with E-state index in [4.69, 9.17) is 0 Å². The van der Waals surface area contributed by atoms with Crippen LogP contribution in [0.4, 0.5) is 24.8 Å². The molecule has 0 spiro atoms. The number of nitrogens with zero attached hydrogens (tertiary/aromatic N) is 3. The van der Waals surface area contributed by atoms with Crippen molar-refractivity contribution in [3.05, 3.63) is 81.0 Å². The van der Waals surface area contributed by atoms with Crippen molar-refractivity contribution in [2.45, 2.75) is 20.1 Å². The van der Waals surface area contributed by atoms with E-state index >= 15 is 0 Å². The van der Waals surface area contributed by atoms with Crippen LogP contribution in [0.25, 0.3) is 0 Å². The summed E-state index contributed by atoms with van der Waals surface area (Å²) < 4.78 is 41.2. The first-order valence-corrected chi connectivity index (χ1v) is 7.92. The Morgan fingerprint density at radius 2 is 1.81 bits per heavy atom. The molecule has 2 aromatic carbocycles. The van der Waals surface area contributed by atoms with Crippen LogP contribution in [0.3, 0.4) is 0 Å². The molecule has 3 aromatic rings. The number of rotatable bonds is 5. The zero-order valence-corrected chi connectivity index (χ0v) is 14.2. The molecule has 0 unspecified atom stereocenters. The molecule has 3 rings (SSSR count). The van der Waals surface area contributed by atoms with Gasteiger partial charge in [-0.05, 0) is 41.8 Å². The van der Waals surface area contributed by atoms with Crippen molar-refractivity contribution in [2.24, 2.45) is 0 Å². The Hall–Kier alpha value is -3.20. The van der Waals surface area contributed by atoms with Crippen molar-refractivity contribution < 1.29 is 18.3 Å². The molecular formula is C18H15F3N4O2. The Labute approximate surface area is 151 Å². The topological polar surface area (TPSA) is 80.0 Å². The minimum absolute atomic E-state index is 0.0332. The number of benzene rings is 2. The van der Waals surface area contributed by atoms with Gasteiger partial charge in [-0.1, -0.05) is 12.1 Å². The van der Waals surface area contributed by atoms with Crippen LogP contribution in [0.1, 0.15) is 16.7 Å². The first-order chi connectivity index (χ1) is 12.9. The van der Waals surface area contributed by atoms with Crippen molar-refractivity contribution in [3.63, 3.8) is 0 Å². The predicted molar refractivity (Wildman–Crippen MR) is 92.1 cm³/mol. The monoisotopic (exact) mass is 376 g/mol. The van der Waals surface area contributed by atoms with E-state index in [0.29, 0.717) is 11.3 Å². The fourth-order valence-corrected chi connectivity index (χ4v) is 2.47. The number of aliphatic hydroxyl groups excluding tert-OH is 1. The number of anilines is 2. The molecule has 1 heterocycles. The average molecular weight is 376 g/mol. The van der Waals surface area contributed by atoms with E-state index < -0.39 is 23.0 Å². The van der Waals surface area contributed by atoms with Gasteiger partial charge in [-0.2, -0.15) is 10.1 Å². The molecule has 140 valence electrons. The van der Waals surface area contributed by atoms with Crippen LogP contribution in [0.5, 0.6) is 0 Å². The van der Waals surface area contributed by atoms with Gasteiger partial charge in [0.25, 0.3) is 5.56 Å². The highest BCUT2D eigenvalue weighted by atomic mass is 19.2. The second-order valence-corrected chi connectivity index (χ2v) is 5.88. The van der Waals surface area contributed by atoms with Crippen LogP contribution >= 0.6 is 0 Å². The van der Waals surface area contributed by atoms with Crippen LogP contribution in [0.15, 0.2) is 41.3 Å². The van der Waals surface area contributed by atoms with Crippen molar-refractivity contribution >= 4 is 11.6 Å². The first kappa shape index (κ1) is 18.6. The lowest BCUT2D eigenvalue weighted by molar-refractivity contribution is 0.282. The average Bonchev–Trinajstić information content (AvgIpc) is 2.63. The van der Waals surface area contributed by atoms with Gasteiger partial charge in [0.1, 0.15) is 6.20 Å². The number of halogens is 3. The fraction of sp³-hybridized carbons (Fsp3) is 0.167. The number of aromatic nitrogens is 3. The van der Waals surface area contributed by atoms with Gasteiger partial charge >= 0.3 is 0 Å². The zero-order valence-electron chi connectivity index (χ0n) is 14.2. The van der Waals surface area contributed by atoms with Crippen molar-refractivity contribution in [1.82, 2.24) is 14.8 Å². The lowest BCUT2D eigenvalue weighted by Crippen LogP contribution is -2.19. The van der Waals surface area contributed by atoms with Gasteiger partial charge in [-0.25, -0.2) is 17.9 Å². The van der Waals surface area contributed by atoms with E-state index in [2.05, 4.69) is 15.4 Å². The lowest BCUT2D eigenvalue weighted by Gasteiger charge is -2.15. The molecule has 6 nitrogen and oxygen atoms in total. The number of aryl methyl sites for hydroxylation is 1. The molecule has 0 saturated carbocycles. The second-order valence-electron chi connectivity index (χ2n) is 5.88. The minimum atomic E-state index is -1.56. The van der Waals surface area contributed by atoms with E-state index in [-0.39, 0.29) is 24.7 Å². The molecule has 0 radical (unpaired) electrons. The smallest absolute Gasteiger partial charge is 0.293 e. The van der Waals surface area contributed by atoms with Crippen LogP contribution < -0.4 is 10.9 Å². The van der Waals surface area contributed by atoms with Crippen LogP contribution in [-0.4, -0.2) is 19.9 Å². The second kappa shape index (κ2) is 7.58. The van der Waals surface area contributed by atoms with Crippen LogP contribution in [0, 0.1) is 24.4 Å². The summed E-state index contributed by atoms with van der Waals surface area (Å²) >= 11 is 0. The standard InChI is InChI=1S/C18H15F3N4O2/c1-10-2-3-11(9-26)6-15(10)23-18-24-16(27)7-22-25(18)8-12-4-13(19)17(21)14(20)5-12/h2-7,26H,8-9H2,1H3,(H,23,24,27). The summed E-state index contributed by atoms with van der Waals surface area (Å²) in [5, 5.41) is 16.1. The first-order valence-electron chi connectivity index (χ1n) is 7.92. The molecule has 0 fully saturated rings. The Kier molecular flexibility index (Phi) is 5.22. The van der Waals surface area contributed by atoms with Crippen molar-refractivity contribution in [2.75, 3.05) is 5.32 Å². The summed E-state index contributed by atoms with van der Waals surface area (Å²) in [6.45, 7) is 1.49. The quantitative estimate of drug-likeness (QED) is 0.670. The van der Waals surface area contributed by atoms with E-state index in [1.807, 2.05) is 6.92 Å². The van der Waals surface area contributed by atoms with Crippen LogP contribution in [-0.2, 0) is 13.2 Å². The summed E-state index contributed by atoms with van der Waals surface area (Å²) in [6.07, 6.45) is 0.957. The summed E-state index contributed by atoms with van der Waals surface area (Å²) in [5.41, 5.74) is 1.53. The molecule has 0 bridgehead atoms. The minimum Gasteiger partial charge on any atom is -0.392 e.